The number of rotatable bonds is 9. The molecule has 0 bridgehead atoms. The molecule has 0 aliphatic heterocycles. The first kappa shape index (κ1) is 36.4. The van der Waals surface area contributed by atoms with E-state index < -0.39 is 0 Å². The molecular formula is C58H40N2. The van der Waals surface area contributed by atoms with Gasteiger partial charge < -0.3 is 0 Å². The van der Waals surface area contributed by atoms with E-state index >= 15 is 0 Å². The molecule has 0 aliphatic carbocycles. The van der Waals surface area contributed by atoms with Crippen molar-refractivity contribution in [3.63, 3.8) is 0 Å². The fraction of sp³-hybridized carbons (Fsp3) is 0. The normalized spacial score (nSPS) is 11.0. The van der Waals surface area contributed by atoms with Gasteiger partial charge in [0.25, 0.3) is 0 Å². The van der Waals surface area contributed by atoms with Gasteiger partial charge in [-0.15, -0.1) is 0 Å². The number of aromatic nitrogens is 2. The number of hydrogen-bond donors (Lipinski definition) is 0. The Bertz CT molecular complexity index is 3020. The van der Waals surface area contributed by atoms with Gasteiger partial charge in [-0.05, 0) is 109 Å². The zero-order valence-electron chi connectivity index (χ0n) is 33.0. The highest BCUT2D eigenvalue weighted by Crippen LogP contribution is 2.35. The minimum Gasteiger partial charge on any atom is -0.228 e. The summed E-state index contributed by atoms with van der Waals surface area (Å²) in [4.78, 5) is 10.1. The SMILES string of the molecule is c1ccc(-c2cccc(-c3cccc(-c4cccc(-c5cccc(-c6cccc(-c7cccc(-c8cc(-c9ccccc9)nc(-c9ccccc9)n8)c7)c6)c5)c4)c3)c2)cc1. The van der Waals surface area contributed by atoms with Gasteiger partial charge >= 0.3 is 0 Å². The van der Waals surface area contributed by atoms with Crippen LogP contribution >= 0.6 is 0 Å². The van der Waals surface area contributed by atoms with Gasteiger partial charge in [0.1, 0.15) is 0 Å². The highest BCUT2D eigenvalue weighted by molar-refractivity contribution is 5.82. The molecule has 0 radical (unpaired) electrons. The Labute approximate surface area is 351 Å². The Hall–Kier alpha value is -7.94. The van der Waals surface area contributed by atoms with Crippen LogP contribution in [-0.2, 0) is 0 Å². The lowest BCUT2D eigenvalue weighted by molar-refractivity contribution is 1.18. The Balaban J connectivity index is 0.938. The highest BCUT2D eigenvalue weighted by Gasteiger charge is 2.13. The van der Waals surface area contributed by atoms with Crippen molar-refractivity contribution in [3.8, 4) is 101 Å². The summed E-state index contributed by atoms with van der Waals surface area (Å²) in [6.45, 7) is 0. The third-order valence-electron chi connectivity index (χ3n) is 11.1. The van der Waals surface area contributed by atoms with E-state index in [9.17, 15) is 0 Å². The summed E-state index contributed by atoms with van der Waals surface area (Å²) >= 11 is 0. The molecule has 0 N–H and O–H groups in total. The number of nitrogens with zero attached hydrogens (tertiary/aromatic N) is 2. The maximum absolute atomic E-state index is 5.08. The van der Waals surface area contributed by atoms with Crippen molar-refractivity contribution >= 4 is 0 Å². The highest BCUT2D eigenvalue weighted by atomic mass is 14.9. The van der Waals surface area contributed by atoms with Gasteiger partial charge in [-0.25, -0.2) is 9.97 Å². The topological polar surface area (TPSA) is 25.8 Å². The largest absolute Gasteiger partial charge is 0.228 e. The van der Waals surface area contributed by atoms with E-state index in [1.165, 1.54) is 55.6 Å². The Kier molecular flexibility index (Phi) is 10.0. The zero-order valence-corrected chi connectivity index (χ0v) is 33.0. The average molecular weight is 765 g/mol. The molecule has 0 aliphatic rings. The van der Waals surface area contributed by atoms with E-state index in [4.69, 9.17) is 9.97 Å². The molecule has 282 valence electrons. The van der Waals surface area contributed by atoms with Gasteiger partial charge in [0, 0.05) is 16.7 Å². The molecule has 0 saturated carbocycles. The Morgan fingerprint density at radius 1 is 0.167 bits per heavy atom. The molecular weight excluding hydrogens is 725 g/mol. The van der Waals surface area contributed by atoms with E-state index in [0.717, 1.165) is 39.2 Å². The molecule has 10 aromatic rings. The van der Waals surface area contributed by atoms with Crippen molar-refractivity contribution in [2.75, 3.05) is 0 Å². The van der Waals surface area contributed by atoms with E-state index in [0.29, 0.717) is 5.82 Å². The van der Waals surface area contributed by atoms with E-state index in [1.54, 1.807) is 0 Å². The first-order valence-corrected chi connectivity index (χ1v) is 20.4. The third kappa shape index (κ3) is 7.83. The summed E-state index contributed by atoms with van der Waals surface area (Å²) in [5, 5.41) is 0. The number of benzene rings is 9. The minimum atomic E-state index is 0.711. The van der Waals surface area contributed by atoms with Crippen LogP contribution in [-0.4, -0.2) is 9.97 Å². The Morgan fingerprint density at radius 2 is 0.400 bits per heavy atom. The van der Waals surface area contributed by atoms with Crippen molar-refractivity contribution in [2.24, 2.45) is 0 Å². The fourth-order valence-corrected chi connectivity index (χ4v) is 7.95. The van der Waals surface area contributed by atoms with Crippen LogP contribution in [0, 0.1) is 0 Å². The molecule has 10 rings (SSSR count). The predicted molar refractivity (Wildman–Crippen MR) is 251 cm³/mol. The molecule has 2 heteroatoms. The van der Waals surface area contributed by atoms with E-state index in [2.05, 4.69) is 206 Å². The van der Waals surface area contributed by atoms with Gasteiger partial charge in [-0.3, -0.25) is 0 Å². The molecule has 2 nitrogen and oxygen atoms in total. The number of hydrogen-bond acceptors (Lipinski definition) is 2. The van der Waals surface area contributed by atoms with Crippen LogP contribution in [0.1, 0.15) is 0 Å². The standard InChI is InChI=1S/C58H40N2/c1-4-16-41(17-5-1)44-22-10-23-45(34-44)46-24-11-25-47(35-46)48-26-12-27-49(36-48)50-28-13-29-51(37-50)52-30-14-31-53(38-52)54-32-15-33-55(39-54)57-40-56(42-18-6-2-7-19-42)59-58(60-57)43-20-8-3-9-21-43/h1-40H. The second kappa shape index (κ2) is 16.5. The average Bonchev–Trinajstić information content (AvgIpc) is 3.35. The molecule has 0 spiro atoms. The second-order valence-electron chi connectivity index (χ2n) is 15.0. The van der Waals surface area contributed by atoms with Crippen molar-refractivity contribution in [2.45, 2.75) is 0 Å². The van der Waals surface area contributed by atoms with Crippen LogP contribution in [0.4, 0.5) is 0 Å². The maximum Gasteiger partial charge on any atom is 0.160 e. The molecule has 0 saturated heterocycles. The summed E-state index contributed by atoms with van der Waals surface area (Å²) in [6.07, 6.45) is 0. The molecule has 0 atom stereocenters. The van der Waals surface area contributed by atoms with Crippen LogP contribution in [0.3, 0.4) is 0 Å². The van der Waals surface area contributed by atoms with Crippen LogP contribution in [0.25, 0.3) is 101 Å². The van der Waals surface area contributed by atoms with Crippen LogP contribution < -0.4 is 0 Å². The van der Waals surface area contributed by atoms with Gasteiger partial charge in [0.05, 0.1) is 11.4 Å². The van der Waals surface area contributed by atoms with Crippen molar-refractivity contribution < 1.29 is 0 Å². The molecule has 0 fully saturated rings. The lowest BCUT2D eigenvalue weighted by Crippen LogP contribution is -1.96. The Morgan fingerprint density at radius 3 is 0.750 bits per heavy atom. The van der Waals surface area contributed by atoms with Crippen molar-refractivity contribution in [1.82, 2.24) is 9.97 Å². The van der Waals surface area contributed by atoms with Crippen molar-refractivity contribution in [1.29, 1.82) is 0 Å². The van der Waals surface area contributed by atoms with Crippen LogP contribution in [0.15, 0.2) is 243 Å². The molecule has 1 aromatic heterocycles. The monoisotopic (exact) mass is 764 g/mol. The lowest BCUT2D eigenvalue weighted by atomic mass is 9.93. The quantitative estimate of drug-likeness (QED) is 0.146. The van der Waals surface area contributed by atoms with Crippen LogP contribution in [0.5, 0.6) is 0 Å². The molecule has 0 unspecified atom stereocenters. The molecule has 1 heterocycles. The van der Waals surface area contributed by atoms with E-state index in [1.807, 2.05) is 36.4 Å². The summed E-state index contributed by atoms with van der Waals surface area (Å²) in [5.41, 5.74) is 19.1. The summed E-state index contributed by atoms with van der Waals surface area (Å²) < 4.78 is 0. The zero-order chi connectivity index (χ0) is 40.1. The molecule has 0 amide bonds. The van der Waals surface area contributed by atoms with Crippen LogP contribution in [0.2, 0.25) is 0 Å². The maximum atomic E-state index is 5.08. The van der Waals surface area contributed by atoms with Gasteiger partial charge in [0.15, 0.2) is 5.82 Å². The first-order valence-electron chi connectivity index (χ1n) is 20.4. The molecule has 60 heavy (non-hydrogen) atoms. The molecule has 9 aromatic carbocycles. The smallest absolute Gasteiger partial charge is 0.160 e. The van der Waals surface area contributed by atoms with E-state index in [-0.39, 0.29) is 0 Å². The summed E-state index contributed by atoms with van der Waals surface area (Å²) in [5.74, 6) is 0.711. The van der Waals surface area contributed by atoms with Gasteiger partial charge in [-0.2, -0.15) is 0 Å². The summed E-state index contributed by atoms with van der Waals surface area (Å²) in [7, 11) is 0. The van der Waals surface area contributed by atoms with Gasteiger partial charge in [0.2, 0.25) is 0 Å². The first-order chi connectivity index (χ1) is 29.7. The second-order valence-corrected chi connectivity index (χ2v) is 15.0. The fourth-order valence-electron chi connectivity index (χ4n) is 7.95. The summed E-state index contributed by atoms with van der Waals surface area (Å²) in [6, 6.07) is 86.1. The third-order valence-corrected chi connectivity index (χ3v) is 11.1. The minimum absolute atomic E-state index is 0.711. The van der Waals surface area contributed by atoms with Gasteiger partial charge in [-0.1, -0.05) is 200 Å². The lowest BCUT2D eigenvalue weighted by Gasteiger charge is -2.12. The van der Waals surface area contributed by atoms with Crippen molar-refractivity contribution in [3.05, 3.63) is 243 Å². The predicted octanol–water partition coefficient (Wildman–Crippen LogP) is 15.5.